The number of hydrogen-bond donors (Lipinski definition) is 2. The second-order valence-corrected chi connectivity index (χ2v) is 3.49. The predicted molar refractivity (Wildman–Crippen MR) is 64.3 cm³/mol. The van der Waals surface area contributed by atoms with Gasteiger partial charge in [0.2, 0.25) is 5.91 Å². The van der Waals surface area contributed by atoms with Crippen molar-refractivity contribution in [3.05, 3.63) is 36.5 Å². The zero-order valence-corrected chi connectivity index (χ0v) is 9.03. The summed E-state index contributed by atoms with van der Waals surface area (Å²) in [4.78, 5) is 15.6. The van der Waals surface area contributed by atoms with Crippen molar-refractivity contribution in [1.82, 2.24) is 10.3 Å². The minimum absolute atomic E-state index is 0.0502. The second kappa shape index (κ2) is 4.72. The Kier molecular flexibility index (Phi) is 3.12. The van der Waals surface area contributed by atoms with Crippen LogP contribution in [0.1, 0.15) is 0 Å². The molecule has 0 radical (unpaired) electrons. The number of hydrogen-bond acceptors (Lipinski definition) is 3. The van der Waals surface area contributed by atoms with Gasteiger partial charge in [-0.05, 0) is 31.3 Å². The first-order chi connectivity index (χ1) is 7.79. The number of carbonyl (C=O) groups is 1. The van der Waals surface area contributed by atoms with E-state index in [1.807, 2.05) is 30.3 Å². The standard InChI is InChI=1S/C12H13N3O/c1-13-8-12(16)15-10-4-5-11-9(7-10)3-2-6-14-11/h2-7,13H,8H2,1H3,(H,15,16). The van der Waals surface area contributed by atoms with Crippen LogP contribution in [0.25, 0.3) is 10.9 Å². The number of carbonyl (C=O) groups excluding carboxylic acids is 1. The fourth-order valence-corrected chi connectivity index (χ4v) is 1.52. The highest BCUT2D eigenvalue weighted by molar-refractivity contribution is 5.94. The van der Waals surface area contributed by atoms with Gasteiger partial charge in [0.05, 0.1) is 12.1 Å². The number of rotatable bonds is 3. The number of fused-ring (bicyclic) bond motifs is 1. The van der Waals surface area contributed by atoms with Crippen molar-refractivity contribution in [3.63, 3.8) is 0 Å². The van der Waals surface area contributed by atoms with E-state index in [0.29, 0.717) is 6.54 Å². The number of benzene rings is 1. The molecule has 0 fully saturated rings. The van der Waals surface area contributed by atoms with Crippen molar-refractivity contribution >= 4 is 22.5 Å². The summed E-state index contributed by atoms with van der Waals surface area (Å²) in [6.45, 7) is 0.311. The number of aromatic nitrogens is 1. The zero-order valence-electron chi connectivity index (χ0n) is 9.03. The Hall–Kier alpha value is -1.94. The zero-order chi connectivity index (χ0) is 11.4. The van der Waals surface area contributed by atoms with Gasteiger partial charge in [-0.1, -0.05) is 6.07 Å². The first-order valence-corrected chi connectivity index (χ1v) is 5.09. The van der Waals surface area contributed by atoms with Crippen molar-refractivity contribution in [2.75, 3.05) is 18.9 Å². The smallest absolute Gasteiger partial charge is 0.238 e. The van der Waals surface area contributed by atoms with E-state index in [1.165, 1.54) is 0 Å². The van der Waals surface area contributed by atoms with Crippen molar-refractivity contribution < 1.29 is 4.79 Å². The molecule has 0 aliphatic rings. The van der Waals surface area contributed by atoms with Crippen molar-refractivity contribution in [2.24, 2.45) is 0 Å². The van der Waals surface area contributed by atoms with Crippen LogP contribution in [0.4, 0.5) is 5.69 Å². The van der Waals surface area contributed by atoms with E-state index in [2.05, 4.69) is 15.6 Å². The summed E-state index contributed by atoms with van der Waals surface area (Å²) in [7, 11) is 1.74. The highest BCUT2D eigenvalue weighted by Crippen LogP contribution is 2.16. The average Bonchev–Trinajstić information content (AvgIpc) is 2.29. The summed E-state index contributed by atoms with van der Waals surface area (Å²) in [6.07, 6.45) is 1.75. The normalized spacial score (nSPS) is 10.3. The molecule has 16 heavy (non-hydrogen) atoms. The van der Waals surface area contributed by atoms with Gasteiger partial charge in [0.1, 0.15) is 0 Å². The molecule has 2 N–H and O–H groups in total. The molecule has 1 aromatic carbocycles. The first kappa shape index (κ1) is 10.6. The van der Waals surface area contributed by atoms with Gasteiger partial charge in [-0.25, -0.2) is 0 Å². The van der Waals surface area contributed by atoms with Crippen LogP contribution in [0, 0.1) is 0 Å². The van der Waals surface area contributed by atoms with E-state index < -0.39 is 0 Å². The van der Waals surface area contributed by atoms with E-state index in [9.17, 15) is 4.79 Å². The van der Waals surface area contributed by atoms with E-state index in [-0.39, 0.29) is 5.91 Å². The van der Waals surface area contributed by atoms with Gasteiger partial charge < -0.3 is 10.6 Å². The Morgan fingerprint density at radius 1 is 1.38 bits per heavy atom. The van der Waals surface area contributed by atoms with Gasteiger partial charge >= 0.3 is 0 Å². The number of pyridine rings is 1. The molecule has 2 aromatic rings. The lowest BCUT2D eigenvalue weighted by Crippen LogP contribution is -2.24. The molecular weight excluding hydrogens is 202 g/mol. The van der Waals surface area contributed by atoms with Crippen LogP contribution in [0.5, 0.6) is 0 Å². The molecule has 0 bridgehead atoms. The van der Waals surface area contributed by atoms with E-state index in [0.717, 1.165) is 16.6 Å². The maximum absolute atomic E-state index is 11.4. The molecule has 0 aliphatic carbocycles. The molecule has 0 unspecified atom stereocenters. The van der Waals surface area contributed by atoms with Gasteiger partial charge in [-0.15, -0.1) is 0 Å². The predicted octanol–water partition coefficient (Wildman–Crippen LogP) is 1.39. The lowest BCUT2D eigenvalue weighted by atomic mass is 10.2. The Labute approximate surface area is 93.7 Å². The Bertz CT molecular complexity index is 510. The molecule has 0 saturated carbocycles. The largest absolute Gasteiger partial charge is 0.325 e. The van der Waals surface area contributed by atoms with Crippen molar-refractivity contribution in [2.45, 2.75) is 0 Å². The van der Waals surface area contributed by atoms with Gasteiger partial charge in [-0.2, -0.15) is 0 Å². The average molecular weight is 215 g/mol. The lowest BCUT2D eigenvalue weighted by Gasteiger charge is -2.05. The van der Waals surface area contributed by atoms with Gasteiger partial charge in [0.25, 0.3) is 0 Å². The molecule has 0 atom stereocenters. The summed E-state index contributed by atoms with van der Waals surface area (Å²) < 4.78 is 0. The number of likely N-dealkylation sites (N-methyl/N-ethyl adjacent to an activating group) is 1. The molecule has 4 nitrogen and oxygen atoms in total. The van der Waals surface area contributed by atoms with Crippen LogP contribution in [-0.2, 0) is 4.79 Å². The lowest BCUT2D eigenvalue weighted by molar-refractivity contribution is -0.115. The number of nitrogens with one attached hydrogen (secondary N) is 2. The van der Waals surface area contributed by atoms with Gasteiger partial charge in [-0.3, -0.25) is 9.78 Å². The van der Waals surface area contributed by atoms with E-state index in [1.54, 1.807) is 13.2 Å². The van der Waals surface area contributed by atoms with Crippen LogP contribution in [0.3, 0.4) is 0 Å². The molecule has 2 rings (SSSR count). The Morgan fingerprint density at radius 2 is 2.25 bits per heavy atom. The van der Waals surface area contributed by atoms with Crippen LogP contribution >= 0.6 is 0 Å². The van der Waals surface area contributed by atoms with Crippen LogP contribution in [0.15, 0.2) is 36.5 Å². The molecular formula is C12H13N3O. The maximum atomic E-state index is 11.4. The fraction of sp³-hybridized carbons (Fsp3) is 0.167. The molecule has 0 aliphatic heterocycles. The summed E-state index contributed by atoms with van der Waals surface area (Å²) in [6, 6.07) is 9.50. The molecule has 1 heterocycles. The fourth-order valence-electron chi connectivity index (χ4n) is 1.52. The molecule has 1 amide bonds. The number of amides is 1. The SMILES string of the molecule is CNCC(=O)Nc1ccc2ncccc2c1. The van der Waals surface area contributed by atoms with Crippen molar-refractivity contribution in [1.29, 1.82) is 0 Å². The minimum Gasteiger partial charge on any atom is -0.325 e. The number of anilines is 1. The Balaban J connectivity index is 2.22. The topological polar surface area (TPSA) is 54.0 Å². The maximum Gasteiger partial charge on any atom is 0.238 e. The van der Waals surface area contributed by atoms with Crippen molar-refractivity contribution in [3.8, 4) is 0 Å². The molecule has 0 spiro atoms. The first-order valence-electron chi connectivity index (χ1n) is 5.09. The monoisotopic (exact) mass is 215 g/mol. The summed E-state index contributed by atoms with van der Waals surface area (Å²) >= 11 is 0. The highest BCUT2D eigenvalue weighted by atomic mass is 16.1. The summed E-state index contributed by atoms with van der Waals surface area (Å²) in [5.74, 6) is -0.0502. The third-order valence-corrected chi connectivity index (χ3v) is 2.22. The van der Waals surface area contributed by atoms with Crippen LogP contribution in [0.2, 0.25) is 0 Å². The Morgan fingerprint density at radius 3 is 3.06 bits per heavy atom. The van der Waals surface area contributed by atoms with Gasteiger partial charge in [0, 0.05) is 17.3 Å². The molecule has 1 aromatic heterocycles. The van der Waals surface area contributed by atoms with Gasteiger partial charge in [0.15, 0.2) is 0 Å². The van der Waals surface area contributed by atoms with E-state index >= 15 is 0 Å². The third-order valence-electron chi connectivity index (χ3n) is 2.22. The summed E-state index contributed by atoms with van der Waals surface area (Å²) in [5, 5.41) is 6.62. The quantitative estimate of drug-likeness (QED) is 0.813. The molecule has 0 saturated heterocycles. The van der Waals surface area contributed by atoms with Crippen LogP contribution in [-0.4, -0.2) is 24.5 Å². The molecule has 82 valence electrons. The highest BCUT2D eigenvalue weighted by Gasteiger charge is 2.01. The van der Waals surface area contributed by atoms with Crippen LogP contribution < -0.4 is 10.6 Å². The summed E-state index contributed by atoms with van der Waals surface area (Å²) in [5.41, 5.74) is 1.72. The second-order valence-electron chi connectivity index (χ2n) is 3.49. The van der Waals surface area contributed by atoms with E-state index in [4.69, 9.17) is 0 Å². The third kappa shape index (κ3) is 2.35. The number of nitrogens with zero attached hydrogens (tertiary/aromatic N) is 1. The minimum atomic E-state index is -0.0502. The molecule has 4 heteroatoms.